The molecule has 0 bridgehead atoms. The van der Waals surface area contributed by atoms with Crippen molar-refractivity contribution >= 4 is 0 Å². The topological polar surface area (TPSA) is 62.4 Å². The molecule has 1 aliphatic carbocycles. The highest BCUT2D eigenvalue weighted by Crippen LogP contribution is 2.32. The predicted molar refractivity (Wildman–Crippen MR) is 66.1 cm³/mol. The molecule has 100 valence electrons. The van der Waals surface area contributed by atoms with Crippen molar-refractivity contribution in [2.75, 3.05) is 13.1 Å². The summed E-state index contributed by atoms with van der Waals surface area (Å²) in [7, 11) is 0. The minimum Gasteiger partial charge on any atom is -0.388 e. The summed E-state index contributed by atoms with van der Waals surface area (Å²) in [4.78, 5) is 6.64. The van der Waals surface area contributed by atoms with Crippen LogP contribution in [0, 0.1) is 6.92 Å². The van der Waals surface area contributed by atoms with Gasteiger partial charge in [-0.1, -0.05) is 11.6 Å². The molecule has 0 aromatic carbocycles. The number of aliphatic hydroxyl groups is 1. The van der Waals surface area contributed by atoms with Gasteiger partial charge in [0.1, 0.15) is 0 Å². The van der Waals surface area contributed by atoms with Crippen molar-refractivity contribution in [1.29, 1.82) is 0 Å². The van der Waals surface area contributed by atoms with Crippen LogP contribution in [-0.2, 0) is 6.42 Å². The maximum atomic E-state index is 10.7. The number of rotatable bonds is 3. The number of hydrogen-bond acceptors (Lipinski definition) is 5. The normalized spacial score (nSPS) is 30.3. The third kappa shape index (κ3) is 2.42. The molecule has 0 radical (unpaired) electrons. The van der Waals surface area contributed by atoms with Crippen molar-refractivity contribution in [3.05, 3.63) is 11.7 Å². The van der Waals surface area contributed by atoms with Gasteiger partial charge < -0.3 is 9.63 Å². The SMILES string of the molecule is Cc1noc(CC2(O)CCCN(C3CCC3)C2)n1. The van der Waals surface area contributed by atoms with E-state index in [2.05, 4.69) is 15.0 Å². The van der Waals surface area contributed by atoms with E-state index in [1.54, 1.807) is 6.92 Å². The number of likely N-dealkylation sites (tertiary alicyclic amines) is 1. The first kappa shape index (κ1) is 12.1. The Hall–Kier alpha value is -0.940. The minimum atomic E-state index is -0.688. The lowest BCUT2D eigenvalue weighted by Gasteiger charge is -2.45. The van der Waals surface area contributed by atoms with E-state index in [0.717, 1.165) is 25.9 Å². The molecule has 5 nitrogen and oxygen atoms in total. The van der Waals surface area contributed by atoms with Crippen LogP contribution in [0.3, 0.4) is 0 Å². The van der Waals surface area contributed by atoms with Crippen molar-refractivity contribution in [1.82, 2.24) is 15.0 Å². The molecule has 1 N–H and O–H groups in total. The first-order valence-corrected chi connectivity index (χ1v) is 6.90. The maximum Gasteiger partial charge on any atom is 0.229 e. The van der Waals surface area contributed by atoms with Crippen LogP contribution >= 0.6 is 0 Å². The maximum absolute atomic E-state index is 10.7. The van der Waals surface area contributed by atoms with Gasteiger partial charge in [-0.25, -0.2) is 0 Å². The quantitative estimate of drug-likeness (QED) is 0.877. The molecule has 1 saturated carbocycles. The van der Waals surface area contributed by atoms with Crippen molar-refractivity contribution in [3.63, 3.8) is 0 Å². The fraction of sp³-hybridized carbons (Fsp3) is 0.846. The summed E-state index contributed by atoms with van der Waals surface area (Å²) in [5, 5.41) is 14.5. The van der Waals surface area contributed by atoms with Crippen LogP contribution in [0.2, 0.25) is 0 Å². The second-order valence-corrected chi connectivity index (χ2v) is 5.80. The van der Waals surface area contributed by atoms with Crippen LogP contribution in [0.4, 0.5) is 0 Å². The van der Waals surface area contributed by atoms with E-state index in [9.17, 15) is 5.11 Å². The smallest absolute Gasteiger partial charge is 0.229 e. The number of aromatic nitrogens is 2. The number of piperidine rings is 1. The number of nitrogens with zero attached hydrogens (tertiary/aromatic N) is 3. The summed E-state index contributed by atoms with van der Waals surface area (Å²) in [5.41, 5.74) is -0.688. The minimum absolute atomic E-state index is 0.483. The van der Waals surface area contributed by atoms with Gasteiger partial charge in [0.2, 0.25) is 5.89 Å². The van der Waals surface area contributed by atoms with Gasteiger partial charge in [-0.3, -0.25) is 4.90 Å². The molecule has 2 heterocycles. The molecular weight excluding hydrogens is 230 g/mol. The highest BCUT2D eigenvalue weighted by atomic mass is 16.5. The second kappa shape index (κ2) is 4.63. The van der Waals surface area contributed by atoms with E-state index in [4.69, 9.17) is 4.52 Å². The van der Waals surface area contributed by atoms with Gasteiger partial charge in [-0.05, 0) is 39.2 Å². The lowest BCUT2D eigenvalue weighted by atomic mass is 9.84. The average molecular weight is 251 g/mol. The summed E-state index contributed by atoms with van der Waals surface area (Å²) in [6.45, 7) is 3.67. The number of aryl methyl sites for hydroxylation is 1. The fourth-order valence-electron chi connectivity index (χ4n) is 3.05. The van der Waals surface area contributed by atoms with Gasteiger partial charge in [0.15, 0.2) is 5.82 Å². The predicted octanol–water partition coefficient (Wildman–Crippen LogP) is 1.30. The molecule has 2 aliphatic rings. The number of hydrogen-bond donors (Lipinski definition) is 1. The lowest BCUT2D eigenvalue weighted by molar-refractivity contribution is -0.0576. The molecule has 1 aliphatic heterocycles. The molecule has 1 atom stereocenters. The van der Waals surface area contributed by atoms with Gasteiger partial charge in [0.05, 0.1) is 12.0 Å². The Morgan fingerprint density at radius 3 is 2.89 bits per heavy atom. The molecule has 2 fully saturated rings. The van der Waals surface area contributed by atoms with Crippen LogP contribution in [0.15, 0.2) is 4.52 Å². The summed E-state index contributed by atoms with van der Waals surface area (Å²) in [6, 6.07) is 0.696. The lowest BCUT2D eigenvalue weighted by Crippen LogP contribution is -2.54. The van der Waals surface area contributed by atoms with Crippen LogP contribution in [0.5, 0.6) is 0 Å². The van der Waals surface area contributed by atoms with Gasteiger partial charge in [-0.2, -0.15) is 4.98 Å². The summed E-state index contributed by atoms with van der Waals surface area (Å²) in [5.74, 6) is 1.20. The van der Waals surface area contributed by atoms with Crippen LogP contribution < -0.4 is 0 Å². The van der Waals surface area contributed by atoms with Crippen molar-refractivity contribution < 1.29 is 9.63 Å². The standard InChI is InChI=1S/C13H21N3O2/c1-10-14-12(18-15-10)8-13(17)6-3-7-16(9-13)11-4-2-5-11/h11,17H,2-9H2,1H3. The van der Waals surface area contributed by atoms with Crippen molar-refractivity contribution in [2.24, 2.45) is 0 Å². The average Bonchev–Trinajstić information content (AvgIpc) is 2.60. The highest BCUT2D eigenvalue weighted by Gasteiger charge is 2.38. The molecule has 1 aromatic heterocycles. The van der Waals surface area contributed by atoms with Crippen LogP contribution in [0.25, 0.3) is 0 Å². The Balaban J connectivity index is 1.65. The van der Waals surface area contributed by atoms with Gasteiger partial charge >= 0.3 is 0 Å². The molecular formula is C13H21N3O2. The van der Waals surface area contributed by atoms with E-state index < -0.39 is 5.60 Å². The first-order valence-electron chi connectivity index (χ1n) is 6.90. The molecule has 18 heavy (non-hydrogen) atoms. The zero-order valence-electron chi connectivity index (χ0n) is 10.9. The first-order chi connectivity index (χ1) is 8.65. The molecule has 0 spiro atoms. The Bertz CT molecular complexity index is 416. The molecule has 1 saturated heterocycles. The van der Waals surface area contributed by atoms with E-state index in [1.165, 1.54) is 19.3 Å². The van der Waals surface area contributed by atoms with Gasteiger partial charge in [-0.15, -0.1) is 0 Å². The molecule has 1 unspecified atom stereocenters. The fourth-order valence-corrected chi connectivity index (χ4v) is 3.05. The zero-order chi connectivity index (χ0) is 12.6. The molecule has 1 aromatic rings. The molecule has 0 amide bonds. The Morgan fingerprint density at radius 2 is 2.28 bits per heavy atom. The van der Waals surface area contributed by atoms with Crippen LogP contribution in [0.1, 0.15) is 43.8 Å². The van der Waals surface area contributed by atoms with Crippen LogP contribution in [-0.4, -0.2) is 44.9 Å². The van der Waals surface area contributed by atoms with E-state index in [-0.39, 0.29) is 0 Å². The van der Waals surface area contributed by atoms with E-state index >= 15 is 0 Å². The second-order valence-electron chi connectivity index (χ2n) is 5.80. The third-order valence-corrected chi connectivity index (χ3v) is 4.23. The summed E-state index contributed by atoms with van der Waals surface area (Å²) in [6.07, 6.45) is 6.28. The number of β-amino-alcohol motifs (C(OH)–C–C–N with tert-alkyl or cyclic N) is 1. The molecule has 5 heteroatoms. The molecule has 3 rings (SSSR count). The van der Waals surface area contributed by atoms with E-state index in [1.807, 2.05) is 0 Å². The van der Waals surface area contributed by atoms with Crippen molar-refractivity contribution in [2.45, 2.75) is 57.1 Å². The summed E-state index contributed by atoms with van der Waals surface area (Å²) < 4.78 is 5.13. The van der Waals surface area contributed by atoms with Gasteiger partial charge in [0, 0.05) is 12.6 Å². The Labute approximate surface area is 107 Å². The largest absolute Gasteiger partial charge is 0.388 e. The Morgan fingerprint density at radius 1 is 1.44 bits per heavy atom. The monoisotopic (exact) mass is 251 g/mol. The summed E-state index contributed by atoms with van der Waals surface area (Å²) >= 11 is 0. The van der Waals surface area contributed by atoms with Crippen molar-refractivity contribution in [3.8, 4) is 0 Å². The highest BCUT2D eigenvalue weighted by molar-refractivity contribution is 4.98. The zero-order valence-corrected chi connectivity index (χ0v) is 10.9. The Kier molecular flexibility index (Phi) is 3.11. The van der Waals surface area contributed by atoms with Gasteiger partial charge in [0.25, 0.3) is 0 Å². The third-order valence-electron chi connectivity index (χ3n) is 4.23. The van der Waals surface area contributed by atoms with E-state index in [0.29, 0.717) is 24.2 Å².